The van der Waals surface area contributed by atoms with Crippen LogP contribution in [-0.2, 0) is 9.59 Å². The summed E-state index contributed by atoms with van der Waals surface area (Å²) < 4.78 is 0. The Morgan fingerprint density at radius 3 is 2.12 bits per heavy atom. The predicted octanol–water partition coefficient (Wildman–Crippen LogP) is 2.52. The molecule has 0 atom stereocenters. The van der Waals surface area contributed by atoms with Crippen molar-refractivity contribution in [3.8, 4) is 0 Å². The lowest BCUT2D eigenvalue weighted by Crippen LogP contribution is -2.48. The SMILES string of the molecule is CCCCCN(C(=O)C(C)(C)C(=O)O)C(C)C. The second-order valence-electron chi connectivity index (χ2n) is 5.23. The molecule has 1 N–H and O–H groups in total. The van der Waals surface area contributed by atoms with Crippen LogP contribution in [0.4, 0.5) is 0 Å². The molecule has 100 valence electrons. The Morgan fingerprint density at radius 1 is 1.24 bits per heavy atom. The molecule has 0 spiro atoms. The van der Waals surface area contributed by atoms with Gasteiger partial charge in [0.25, 0.3) is 0 Å². The molecule has 0 saturated carbocycles. The largest absolute Gasteiger partial charge is 0.480 e. The molecule has 0 aliphatic rings. The average molecular weight is 243 g/mol. The van der Waals surface area contributed by atoms with E-state index >= 15 is 0 Å². The first-order valence-electron chi connectivity index (χ1n) is 6.29. The van der Waals surface area contributed by atoms with Gasteiger partial charge in [-0.15, -0.1) is 0 Å². The highest BCUT2D eigenvalue weighted by molar-refractivity contribution is 6.01. The van der Waals surface area contributed by atoms with E-state index in [0.29, 0.717) is 6.54 Å². The maximum Gasteiger partial charge on any atom is 0.318 e. The summed E-state index contributed by atoms with van der Waals surface area (Å²) in [6.07, 6.45) is 3.07. The standard InChI is InChI=1S/C13H25NO3/c1-6-7-8-9-14(10(2)3)11(15)13(4,5)12(16)17/h10H,6-9H2,1-5H3,(H,16,17). The number of nitrogens with zero attached hydrogens (tertiary/aromatic N) is 1. The molecule has 4 nitrogen and oxygen atoms in total. The van der Waals surface area contributed by atoms with Crippen LogP contribution in [0.15, 0.2) is 0 Å². The molecule has 0 aliphatic heterocycles. The third-order valence-corrected chi connectivity index (χ3v) is 2.96. The fourth-order valence-corrected chi connectivity index (χ4v) is 1.58. The Balaban J connectivity index is 4.71. The molecule has 0 aromatic rings. The third-order valence-electron chi connectivity index (χ3n) is 2.96. The van der Waals surface area contributed by atoms with Gasteiger partial charge in [-0.3, -0.25) is 9.59 Å². The molecular formula is C13H25NO3. The van der Waals surface area contributed by atoms with Crippen molar-refractivity contribution in [3.63, 3.8) is 0 Å². The van der Waals surface area contributed by atoms with Crippen LogP contribution in [0.2, 0.25) is 0 Å². The molecule has 0 heterocycles. The Bertz CT molecular complexity index is 272. The fraction of sp³-hybridized carbons (Fsp3) is 0.846. The second-order valence-corrected chi connectivity index (χ2v) is 5.23. The van der Waals surface area contributed by atoms with Gasteiger partial charge in [-0.25, -0.2) is 0 Å². The molecule has 0 saturated heterocycles. The van der Waals surface area contributed by atoms with Gasteiger partial charge in [-0.05, 0) is 34.1 Å². The van der Waals surface area contributed by atoms with Crippen LogP contribution in [0.1, 0.15) is 53.9 Å². The van der Waals surface area contributed by atoms with Gasteiger partial charge in [0, 0.05) is 12.6 Å². The Labute approximate surface area is 104 Å². The van der Waals surface area contributed by atoms with Crippen molar-refractivity contribution in [1.29, 1.82) is 0 Å². The molecule has 0 aromatic heterocycles. The summed E-state index contributed by atoms with van der Waals surface area (Å²) in [7, 11) is 0. The van der Waals surface area contributed by atoms with E-state index in [-0.39, 0.29) is 11.9 Å². The van der Waals surface area contributed by atoms with E-state index in [0.717, 1.165) is 19.3 Å². The van der Waals surface area contributed by atoms with Gasteiger partial charge in [-0.2, -0.15) is 0 Å². The fourth-order valence-electron chi connectivity index (χ4n) is 1.58. The molecular weight excluding hydrogens is 218 g/mol. The number of aliphatic carboxylic acids is 1. The number of carbonyl (C=O) groups excluding carboxylic acids is 1. The molecule has 0 aromatic carbocycles. The van der Waals surface area contributed by atoms with Crippen LogP contribution in [0, 0.1) is 5.41 Å². The first-order chi connectivity index (χ1) is 7.75. The van der Waals surface area contributed by atoms with Crippen molar-refractivity contribution in [2.45, 2.75) is 59.9 Å². The molecule has 4 heteroatoms. The van der Waals surface area contributed by atoms with Gasteiger partial charge in [0.2, 0.25) is 5.91 Å². The Morgan fingerprint density at radius 2 is 1.76 bits per heavy atom. The van der Waals surface area contributed by atoms with E-state index in [4.69, 9.17) is 5.11 Å². The van der Waals surface area contributed by atoms with Crippen LogP contribution in [-0.4, -0.2) is 34.5 Å². The number of amides is 1. The first kappa shape index (κ1) is 15.9. The number of unbranched alkanes of at least 4 members (excludes halogenated alkanes) is 2. The summed E-state index contributed by atoms with van der Waals surface area (Å²) in [5.74, 6) is -1.36. The third kappa shape index (κ3) is 4.36. The number of hydrogen-bond acceptors (Lipinski definition) is 2. The second kappa shape index (κ2) is 6.62. The molecule has 0 aliphatic carbocycles. The molecule has 0 fully saturated rings. The summed E-state index contributed by atoms with van der Waals surface area (Å²) in [6.45, 7) is 9.51. The highest BCUT2D eigenvalue weighted by Gasteiger charge is 2.39. The minimum atomic E-state index is -1.34. The van der Waals surface area contributed by atoms with E-state index in [9.17, 15) is 9.59 Å². The van der Waals surface area contributed by atoms with E-state index in [1.807, 2.05) is 13.8 Å². The lowest BCUT2D eigenvalue weighted by atomic mass is 9.91. The van der Waals surface area contributed by atoms with Gasteiger partial charge < -0.3 is 10.0 Å². The smallest absolute Gasteiger partial charge is 0.318 e. The van der Waals surface area contributed by atoms with Crippen molar-refractivity contribution in [1.82, 2.24) is 4.90 Å². The zero-order valence-electron chi connectivity index (χ0n) is 11.6. The van der Waals surface area contributed by atoms with Crippen molar-refractivity contribution >= 4 is 11.9 Å². The van der Waals surface area contributed by atoms with Crippen molar-refractivity contribution in [3.05, 3.63) is 0 Å². The zero-order valence-corrected chi connectivity index (χ0v) is 11.6. The summed E-state index contributed by atoms with van der Waals surface area (Å²) >= 11 is 0. The van der Waals surface area contributed by atoms with E-state index in [2.05, 4.69) is 6.92 Å². The van der Waals surface area contributed by atoms with Gasteiger partial charge in [-0.1, -0.05) is 19.8 Å². The summed E-state index contributed by atoms with van der Waals surface area (Å²) in [5, 5.41) is 9.07. The highest BCUT2D eigenvalue weighted by Crippen LogP contribution is 2.21. The Hall–Kier alpha value is -1.06. The van der Waals surface area contributed by atoms with Crippen molar-refractivity contribution in [2.75, 3.05) is 6.54 Å². The number of hydrogen-bond donors (Lipinski definition) is 1. The van der Waals surface area contributed by atoms with Crippen LogP contribution in [0.3, 0.4) is 0 Å². The average Bonchev–Trinajstić information content (AvgIpc) is 2.22. The molecule has 0 bridgehead atoms. The first-order valence-corrected chi connectivity index (χ1v) is 6.29. The molecule has 1 amide bonds. The number of carboxylic acids is 1. The molecule has 17 heavy (non-hydrogen) atoms. The highest BCUT2D eigenvalue weighted by atomic mass is 16.4. The minimum Gasteiger partial charge on any atom is -0.480 e. The monoisotopic (exact) mass is 243 g/mol. The van der Waals surface area contributed by atoms with Crippen LogP contribution in [0.25, 0.3) is 0 Å². The number of rotatable bonds is 7. The van der Waals surface area contributed by atoms with Crippen LogP contribution in [0.5, 0.6) is 0 Å². The van der Waals surface area contributed by atoms with E-state index in [1.54, 1.807) is 4.90 Å². The quantitative estimate of drug-likeness (QED) is 0.552. The Kier molecular flexibility index (Phi) is 6.21. The van der Waals surface area contributed by atoms with Crippen LogP contribution < -0.4 is 0 Å². The summed E-state index contributed by atoms with van der Waals surface area (Å²) in [6, 6.07) is 0.0398. The molecule has 0 rings (SSSR count). The topological polar surface area (TPSA) is 57.6 Å². The lowest BCUT2D eigenvalue weighted by Gasteiger charge is -2.32. The summed E-state index contributed by atoms with van der Waals surface area (Å²) in [5.41, 5.74) is -1.34. The summed E-state index contributed by atoms with van der Waals surface area (Å²) in [4.78, 5) is 24.9. The van der Waals surface area contributed by atoms with Gasteiger partial charge >= 0.3 is 5.97 Å². The maximum absolute atomic E-state index is 12.2. The van der Waals surface area contributed by atoms with Gasteiger partial charge in [0.15, 0.2) is 0 Å². The minimum absolute atomic E-state index is 0.0398. The maximum atomic E-state index is 12.2. The number of carbonyl (C=O) groups is 2. The van der Waals surface area contributed by atoms with E-state index in [1.165, 1.54) is 13.8 Å². The normalized spacial score (nSPS) is 11.6. The molecule has 0 unspecified atom stereocenters. The lowest BCUT2D eigenvalue weighted by molar-refractivity contribution is -0.159. The van der Waals surface area contributed by atoms with Gasteiger partial charge in [0.05, 0.1) is 0 Å². The van der Waals surface area contributed by atoms with Gasteiger partial charge in [0.1, 0.15) is 5.41 Å². The zero-order chi connectivity index (χ0) is 13.6. The van der Waals surface area contributed by atoms with E-state index < -0.39 is 11.4 Å². The van der Waals surface area contributed by atoms with Crippen LogP contribution >= 0.6 is 0 Å². The van der Waals surface area contributed by atoms with Crippen molar-refractivity contribution in [2.24, 2.45) is 5.41 Å². The molecule has 0 radical (unpaired) electrons. The van der Waals surface area contributed by atoms with Crippen molar-refractivity contribution < 1.29 is 14.7 Å². The predicted molar refractivity (Wildman–Crippen MR) is 67.8 cm³/mol. The number of carboxylic acid groups (broad SMARTS) is 1.